The van der Waals surface area contributed by atoms with Gasteiger partial charge in [0.05, 0.1) is 0 Å². The summed E-state index contributed by atoms with van der Waals surface area (Å²) in [5.41, 5.74) is 2.97. The first-order valence-corrected chi connectivity index (χ1v) is 2.62. The summed E-state index contributed by atoms with van der Waals surface area (Å²) < 4.78 is 0. The molecule has 0 spiro atoms. The Hall–Kier alpha value is 0.363. The van der Waals surface area contributed by atoms with Gasteiger partial charge in [-0.25, -0.2) is 0 Å². The molecule has 0 aliphatic heterocycles. The molecule has 8 heavy (non-hydrogen) atoms. The van der Waals surface area contributed by atoms with Crippen molar-refractivity contribution < 1.29 is 26.2 Å². The van der Waals surface area contributed by atoms with Gasteiger partial charge in [-0.05, 0) is 20.3 Å². The summed E-state index contributed by atoms with van der Waals surface area (Å²) in [4.78, 5) is 0. The molecule has 0 saturated carbocycles. The van der Waals surface area contributed by atoms with Crippen LogP contribution in [0.4, 0.5) is 0 Å². The van der Waals surface area contributed by atoms with E-state index in [1.807, 2.05) is 0 Å². The Kier molecular flexibility index (Phi) is 3.55. The second-order valence-corrected chi connectivity index (χ2v) is 2.20. The Bertz CT molecular complexity index is 115. The van der Waals surface area contributed by atoms with Crippen molar-refractivity contribution in [1.29, 1.82) is 0 Å². The van der Waals surface area contributed by atoms with E-state index in [4.69, 9.17) is 0 Å². The van der Waals surface area contributed by atoms with Gasteiger partial charge in [-0.3, -0.25) is 0 Å². The van der Waals surface area contributed by atoms with Crippen molar-refractivity contribution in [2.24, 2.45) is 0 Å². The average Bonchev–Trinajstić information content (AvgIpc) is 1.87. The van der Waals surface area contributed by atoms with Crippen molar-refractivity contribution in [3.05, 3.63) is 23.3 Å². The maximum atomic E-state index is 2.18. The fraction of sp³-hybridized carbons (Fsp3) is 0.429. The van der Waals surface area contributed by atoms with Gasteiger partial charge < -0.3 is 0 Å². The van der Waals surface area contributed by atoms with E-state index in [2.05, 4.69) is 26.0 Å². The zero-order chi connectivity index (χ0) is 5.28. The van der Waals surface area contributed by atoms with Crippen LogP contribution in [0.1, 0.15) is 20.3 Å². The van der Waals surface area contributed by atoms with Crippen LogP contribution in [0.25, 0.3) is 0 Å². The van der Waals surface area contributed by atoms with Crippen LogP contribution < -0.4 is 0 Å². The first kappa shape index (κ1) is 8.36. The first-order chi connectivity index (χ1) is 3.29. The predicted octanol–water partition coefficient (Wildman–Crippen LogP) is 2.28. The van der Waals surface area contributed by atoms with Crippen molar-refractivity contribution in [3.63, 3.8) is 0 Å². The zero-order valence-corrected chi connectivity index (χ0v) is 7.82. The maximum Gasteiger partial charge on any atom is 0 e. The molecule has 0 amide bonds. The molecule has 0 unspecified atom stereocenters. The Morgan fingerprint density at radius 1 is 1.12 bits per heavy atom. The van der Waals surface area contributed by atoms with E-state index >= 15 is 0 Å². The summed E-state index contributed by atoms with van der Waals surface area (Å²) in [6.07, 6.45) is 5.55. The van der Waals surface area contributed by atoms with Crippen molar-refractivity contribution in [2.75, 3.05) is 0 Å². The van der Waals surface area contributed by atoms with Crippen molar-refractivity contribution in [2.45, 2.75) is 20.3 Å². The SMILES string of the molecule is CC1=CC=C(C)C1.[Zr]. The zero-order valence-electron chi connectivity index (χ0n) is 5.36. The minimum Gasteiger partial charge on any atom is -0.0693 e. The largest absolute Gasteiger partial charge is 0.0693 e. The molecule has 42 valence electrons. The van der Waals surface area contributed by atoms with E-state index in [0.717, 1.165) is 0 Å². The monoisotopic (exact) mass is 184 g/mol. The van der Waals surface area contributed by atoms with E-state index in [0.29, 0.717) is 0 Å². The predicted molar refractivity (Wildman–Crippen MR) is 32.1 cm³/mol. The van der Waals surface area contributed by atoms with E-state index in [1.165, 1.54) is 17.6 Å². The van der Waals surface area contributed by atoms with Crippen LogP contribution in [0, 0.1) is 0 Å². The third kappa shape index (κ3) is 2.09. The van der Waals surface area contributed by atoms with Crippen molar-refractivity contribution in [3.8, 4) is 0 Å². The molecule has 0 saturated heterocycles. The van der Waals surface area contributed by atoms with Gasteiger partial charge >= 0.3 is 0 Å². The molecule has 0 nitrogen and oxygen atoms in total. The van der Waals surface area contributed by atoms with Crippen LogP contribution in [-0.4, -0.2) is 0 Å². The van der Waals surface area contributed by atoms with Gasteiger partial charge in [0.15, 0.2) is 0 Å². The molecular weight excluding hydrogens is 175 g/mol. The molecule has 1 aliphatic rings. The van der Waals surface area contributed by atoms with Crippen molar-refractivity contribution >= 4 is 0 Å². The normalized spacial score (nSPS) is 16.8. The molecule has 0 aromatic rings. The van der Waals surface area contributed by atoms with Gasteiger partial charge in [0.2, 0.25) is 0 Å². The van der Waals surface area contributed by atoms with E-state index in [-0.39, 0.29) is 26.2 Å². The summed E-state index contributed by atoms with van der Waals surface area (Å²) in [5, 5.41) is 0. The number of hydrogen-bond donors (Lipinski definition) is 0. The molecule has 0 aromatic heterocycles. The van der Waals surface area contributed by atoms with Crippen LogP contribution in [0.3, 0.4) is 0 Å². The minimum atomic E-state index is 0. The third-order valence-corrected chi connectivity index (χ3v) is 1.21. The Labute approximate surface area is 69.8 Å². The van der Waals surface area contributed by atoms with Crippen LogP contribution >= 0.6 is 0 Å². The topological polar surface area (TPSA) is 0 Å². The molecule has 0 atom stereocenters. The minimum absolute atomic E-state index is 0. The molecule has 0 bridgehead atoms. The fourth-order valence-corrected chi connectivity index (χ4v) is 0.842. The second kappa shape index (κ2) is 3.40. The Morgan fingerprint density at radius 3 is 1.62 bits per heavy atom. The molecule has 1 rings (SSSR count). The molecule has 0 radical (unpaired) electrons. The van der Waals surface area contributed by atoms with Crippen LogP contribution in [0.5, 0.6) is 0 Å². The molecule has 0 aromatic carbocycles. The molecule has 0 N–H and O–H groups in total. The van der Waals surface area contributed by atoms with Crippen molar-refractivity contribution in [1.82, 2.24) is 0 Å². The smallest absolute Gasteiger partial charge is 0 e. The van der Waals surface area contributed by atoms with E-state index < -0.39 is 0 Å². The van der Waals surface area contributed by atoms with Gasteiger partial charge in [-0.1, -0.05) is 23.3 Å². The average molecular weight is 185 g/mol. The van der Waals surface area contributed by atoms with Gasteiger partial charge in [0.25, 0.3) is 0 Å². The Morgan fingerprint density at radius 2 is 1.50 bits per heavy atom. The first-order valence-electron chi connectivity index (χ1n) is 2.62. The Balaban J connectivity index is 0.000000490. The third-order valence-electron chi connectivity index (χ3n) is 1.21. The quantitative estimate of drug-likeness (QED) is 0.543. The standard InChI is InChI=1S/C7H10.Zr/c1-6-3-4-7(2)5-6;/h3-4H,5H2,1-2H3;. The van der Waals surface area contributed by atoms with Crippen LogP contribution in [-0.2, 0) is 26.2 Å². The molecule has 0 fully saturated rings. The number of rotatable bonds is 0. The summed E-state index contributed by atoms with van der Waals surface area (Å²) in [7, 11) is 0. The second-order valence-electron chi connectivity index (χ2n) is 2.20. The number of hydrogen-bond acceptors (Lipinski definition) is 0. The number of allylic oxidation sites excluding steroid dienone is 4. The molecule has 1 aliphatic carbocycles. The van der Waals surface area contributed by atoms with Gasteiger partial charge in [-0.2, -0.15) is 0 Å². The summed E-state index contributed by atoms with van der Waals surface area (Å²) in [6.45, 7) is 4.32. The van der Waals surface area contributed by atoms with E-state index in [1.54, 1.807) is 0 Å². The van der Waals surface area contributed by atoms with Crippen LogP contribution in [0.15, 0.2) is 23.3 Å². The van der Waals surface area contributed by atoms with Gasteiger partial charge in [0.1, 0.15) is 0 Å². The van der Waals surface area contributed by atoms with Gasteiger partial charge in [-0.15, -0.1) is 0 Å². The fourth-order valence-electron chi connectivity index (χ4n) is 0.842. The van der Waals surface area contributed by atoms with E-state index in [9.17, 15) is 0 Å². The maximum absolute atomic E-state index is 2.18. The van der Waals surface area contributed by atoms with Gasteiger partial charge in [0, 0.05) is 26.2 Å². The summed E-state index contributed by atoms with van der Waals surface area (Å²) in [6, 6.07) is 0. The molecule has 1 heteroatoms. The summed E-state index contributed by atoms with van der Waals surface area (Å²) in [5.74, 6) is 0. The molecule has 0 heterocycles. The van der Waals surface area contributed by atoms with Crippen LogP contribution in [0.2, 0.25) is 0 Å². The summed E-state index contributed by atoms with van der Waals surface area (Å²) >= 11 is 0. The molecular formula is C7H10Zr.